The predicted molar refractivity (Wildman–Crippen MR) is 85.2 cm³/mol. The Hall–Kier alpha value is -2.13. The maximum atomic E-state index is 11.5. The Morgan fingerprint density at radius 1 is 1.19 bits per heavy atom. The number of nitrogens with two attached hydrogens (primary N) is 1. The van der Waals surface area contributed by atoms with Crippen LogP contribution in [0.15, 0.2) is 42.5 Å². The first kappa shape index (κ1) is 13.8. The molecule has 3 heteroatoms. The van der Waals surface area contributed by atoms with Crippen molar-refractivity contribution >= 4 is 11.6 Å². The van der Waals surface area contributed by atoms with E-state index in [-0.39, 0.29) is 11.9 Å². The monoisotopic (exact) mass is 280 g/mol. The first-order chi connectivity index (χ1) is 10.1. The second-order valence-electron chi connectivity index (χ2n) is 5.72. The van der Waals surface area contributed by atoms with Gasteiger partial charge in [-0.25, -0.2) is 0 Å². The van der Waals surface area contributed by atoms with Crippen LogP contribution < -0.4 is 11.1 Å². The molecule has 1 unspecified atom stereocenters. The lowest BCUT2D eigenvalue weighted by molar-refractivity contribution is -0.116. The van der Waals surface area contributed by atoms with E-state index >= 15 is 0 Å². The van der Waals surface area contributed by atoms with Crippen LogP contribution in [0, 0.1) is 6.92 Å². The van der Waals surface area contributed by atoms with E-state index in [1.807, 2.05) is 25.1 Å². The summed E-state index contributed by atoms with van der Waals surface area (Å²) in [4.78, 5) is 11.5. The SMILES string of the molecule is Cc1cc(C(N)Cc2ccccc2)cc2c1NC(=O)CC2. The van der Waals surface area contributed by atoms with Gasteiger partial charge in [0.15, 0.2) is 0 Å². The molecule has 0 fully saturated rings. The highest BCUT2D eigenvalue weighted by Crippen LogP contribution is 2.30. The summed E-state index contributed by atoms with van der Waals surface area (Å²) in [5, 5.41) is 2.96. The van der Waals surface area contributed by atoms with Gasteiger partial charge in [-0.15, -0.1) is 0 Å². The van der Waals surface area contributed by atoms with Gasteiger partial charge in [0, 0.05) is 18.2 Å². The van der Waals surface area contributed by atoms with Crippen molar-refractivity contribution in [2.75, 3.05) is 5.32 Å². The van der Waals surface area contributed by atoms with Crippen LogP contribution in [-0.4, -0.2) is 5.91 Å². The molecule has 1 aliphatic heterocycles. The van der Waals surface area contributed by atoms with Crippen molar-refractivity contribution in [1.29, 1.82) is 0 Å². The molecule has 108 valence electrons. The van der Waals surface area contributed by atoms with Crippen molar-refractivity contribution in [2.45, 2.75) is 32.2 Å². The Balaban J connectivity index is 1.86. The molecule has 0 spiro atoms. The van der Waals surface area contributed by atoms with Gasteiger partial charge in [0.05, 0.1) is 0 Å². The van der Waals surface area contributed by atoms with Crippen LogP contribution in [0.4, 0.5) is 5.69 Å². The van der Waals surface area contributed by atoms with Crippen molar-refractivity contribution in [3.63, 3.8) is 0 Å². The van der Waals surface area contributed by atoms with Crippen LogP contribution in [0.3, 0.4) is 0 Å². The maximum Gasteiger partial charge on any atom is 0.224 e. The van der Waals surface area contributed by atoms with Crippen LogP contribution >= 0.6 is 0 Å². The van der Waals surface area contributed by atoms with Crippen molar-refractivity contribution in [2.24, 2.45) is 5.73 Å². The number of fused-ring (bicyclic) bond motifs is 1. The third-order valence-corrected chi connectivity index (χ3v) is 4.05. The molecule has 2 aromatic rings. The number of aryl methyl sites for hydroxylation is 2. The summed E-state index contributed by atoms with van der Waals surface area (Å²) in [6, 6.07) is 14.5. The molecule has 0 saturated heterocycles. The van der Waals surface area contributed by atoms with Crippen LogP contribution in [0.5, 0.6) is 0 Å². The first-order valence-electron chi connectivity index (χ1n) is 7.36. The molecule has 1 atom stereocenters. The van der Waals surface area contributed by atoms with E-state index in [9.17, 15) is 4.79 Å². The average molecular weight is 280 g/mol. The van der Waals surface area contributed by atoms with E-state index in [1.165, 1.54) is 11.1 Å². The van der Waals surface area contributed by atoms with Gasteiger partial charge in [0.25, 0.3) is 0 Å². The summed E-state index contributed by atoms with van der Waals surface area (Å²) in [7, 11) is 0. The van der Waals surface area contributed by atoms with Gasteiger partial charge < -0.3 is 11.1 Å². The normalized spacial score (nSPS) is 15.2. The van der Waals surface area contributed by atoms with E-state index < -0.39 is 0 Å². The van der Waals surface area contributed by atoms with Crippen molar-refractivity contribution in [1.82, 2.24) is 0 Å². The van der Waals surface area contributed by atoms with Crippen LogP contribution in [0.1, 0.15) is 34.7 Å². The van der Waals surface area contributed by atoms with Crippen molar-refractivity contribution in [3.05, 3.63) is 64.7 Å². The van der Waals surface area contributed by atoms with Crippen LogP contribution in [0.2, 0.25) is 0 Å². The van der Waals surface area contributed by atoms with Gasteiger partial charge in [-0.05, 0) is 42.0 Å². The standard InChI is InChI=1S/C18H20N2O/c1-12-9-15(11-14-7-8-17(21)20-18(12)14)16(19)10-13-5-3-2-4-6-13/h2-6,9,11,16H,7-8,10,19H2,1H3,(H,20,21). The van der Waals surface area contributed by atoms with Crippen molar-refractivity contribution < 1.29 is 4.79 Å². The Labute approximate surface area is 125 Å². The Morgan fingerprint density at radius 3 is 2.71 bits per heavy atom. The molecule has 1 heterocycles. The number of carbonyl (C=O) groups is 1. The Morgan fingerprint density at radius 2 is 1.95 bits per heavy atom. The maximum absolute atomic E-state index is 11.5. The number of hydrogen-bond donors (Lipinski definition) is 2. The van der Waals surface area contributed by atoms with Gasteiger partial charge >= 0.3 is 0 Å². The molecule has 0 aromatic heterocycles. The molecule has 0 saturated carbocycles. The molecule has 3 rings (SSSR count). The van der Waals surface area contributed by atoms with Gasteiger partial charge in [0.1, 0.15) is 0 Å². The fourth-order valence-electron chi connectivity index (χ4n) is 2.92. The first-order valence-corrected chi connectivity index (χ1v) is 7.36. The van der Waals surface area contributed by atoms with Crippen LogP contribution in [0.25, 0.3) is 0 Å². The second-order valence-corrected chi connectivity index (χ2v) is 5.72. The summed E-state index contributed by atoms with van der Waals surface area (Å²) >= 11 is 0. The zero-order chi connectivity index (χ0) is 14.8. The summed E-state index contributed by atoms with van der Waals surface area (Å²) in [5.74, 6) is 0.104. The predicted octanol–water partition coefficient (Wildman–Crippen LogP) is 3.12. The quantitative estimate of drug-likeness (QED) is 0.907. The zero-order valence-corrected chi connectivity index (χ0v) is 12.2. The third kappa shape index (κ3) is 2.98. The van der Waals surface area contributed by atoms with E-state index in [4.69, 9.17) is 5.73 Å². The highest BCUT2D eigenvalue weighted by Gasteiger charge is 2.19. The Bertz CT molecular complexity index is 664. The molecule has 0 radical (unpaired) electrons. The summed E-state index contributed by atoms with van der Waals surface area (Å²) in [6.07, 6.45) is 2.18. The van der Waals surface area contributed by atoms with Gasteiger partial charge in [-0.2, -0.15) is 0 Å². The summed E-state index contributed by atoms with van der Waals surface area (Å²) in [6.45, 7) is 2.03. The molecule has 3 nitrogen and oxygen atoms in total. The average Bonchev–Trinajstić information content (AvgIpc) is 2.49. The van der Waals surface area contributed by atoms with E-state index in [1.54, 1.807) is 0 Å². The van der Waals surface area contributed by atoms with E-state index in [2.05, 4.69) is 29.6 Å². The highest BCUT2D eigenvalue weighted by molar-refractivity contribution is 5.94. The lowest BCUT2D eigenvalue weighted by Crippen LogP contribution is -2.21. The second kappa shape index (κ2) is 5.70. The van der Waals surface area contributed by atoms with Crippen LogP contribution in [-0.2, 0) is 17.6 Å². The molecule has 1 aliphatic rings. The molecule has 2 aromatic carbocycles. The minimum Gasteiger partial charge on any atom is -0.326 e. The molecule has 21 heavy (non-hydrogen) atoms. The Kier molecular flexibility index (Phi) is 3.76. The zero-order valence-electron chi connectivity index (χ0n) is 12.2. The van der Waals surface area contributed by atoms with E-state index in [0.29, 0.717) is 6.42 Å². The highest BCUT2D eigenvalue weighted by atomic mass is 16.1. The molecule has 1 amide bonds. The van der Waals surface area contributed by atoms with Gasteiger partial charge in [0.2, 0.25) is 5.91 Å². The number of nitrogens with one attached hydrogen (secondary N) is 1. The minimum absolute atomic E-state index is 0.0194. The largest absolute Gasteiger partial charge is 0.326 e. The number of hydrogen-bond acceptors (Lipinski definition) is 2. The lowest BCUT2D eigenvalue weighted by atomic mass is 9.92. The fourth-order valence-corrected chi connectivity index (χ4v) is 2.92. The number of rotatable bonds is 3. The molecular formula is C18H20N2O. The molecule has 3 N–H and O–H groups in total. The smallest absolute Gasteiger partial charge is 0.224 e. The van der Waals surface area contributed by atoms with Gasteiger partial charge in [-0.1, -0.05) is 42.5 Å². The number of carbonyl (C=O) groups excluding carboxylic acids is 1. The molecular weight excluding hydrogens is 260 g/mol. The number of benzene rings is 2. The molecule has 0 bridgehead atoms. The summed E-state index contributed by atoms with van der Waals surface area (Å²) in [5.41, 5.74) is 12.0. The van der Waals surface area contributed by atoms with Gasteiger partial charge in [-0.3, -0.25) is 4.79 Å². The topological polar surface area (TPSA) is 55.1 Å². The molecule has 0 aliphatic carbocycles. The van der Waals surface area contributed by atoms with E-state index in [0.717, 1.165) is 29.7 Å². The van der Waals surface area contributed by atoms with Crippen molar-refractivity contribution in [3.8, 4) is 0 Å². The lowest BCUT2D eigenvalue weighted by Gasteiger charge is -2.22. The minimum atomic E-state index is -0.0194. The summed E-state index contributed by atoms with van der Waals surface area (Å²) < 4.78 is 0. The third-order valence-electron chi connectivity index (χ3n) is 4.05. The fraction of sp³-hybridized carbons (Fsp3) is 0.278. The number of anilines is 1. The number of amides is 1.